The molecule has 154 valence electrons. The van der Waals surface area contributed by atoms with Crippen molar-refractivity contribution in [1.82, 2.24) is 14.5 Å². The number of nitrogens with zero attached hydrogens (tertiary/aromatic N) is 3. The van der Waals surface area contributed by atoms with E-state index < -0.39 is 5.78 Å². The maximum absolute atomic E-state index is 13.4. The van der Waals surface area contributed by atoms with Gasteiger partial charge in [0.15, 0.2) is 5.58 Å². The van der Waals surface area contributed by atoms with Gasteiger partial charge < -0.3 is 19.5 Å². The van der Waals surface area contributed by atoms with Crippen molar-refractivity contribution in [1.29, 1.82) is 0 Å². The minimum atomic E-state index is -0.401. The lowest BCUT2D eigenvalue weighted by molar-refractivity contribution is 0.101. The second-order valence-corrected chi connectivity index (χ2v) is 7.48. The number of fused-ring (bicyclic) bond motifs is 2. The van der Waals surface area contributed by atoms with Gasteiger partial charge in [-0.25, -0.2) is 4.98 Å². The van der Waals surface area contributed by atoms with Crippen LogP contribution < -0.4 is 10.5 Å². The van der Waals surface area contributed by atoms with Crippen molar-refractivity contribution in [2.75, 3.05) is 12.8 Å². The van der Waals surface area contributed by atoms with Crippen LogP contribution in [0.2, 0.25) is 5.02 Å². The van der Waals surface area contributed by atoms with E-state index >= 15 is 0 Å². The van der Waals surface area contributed by atoms with Crippen LogP contribution in [0.15, 0.2) is 65.3 Å². The fourth-order valence-electron chi connectivity index (χ4n) is 3.65. The van der Waals surface area contributed by atoms with Crippen molar-refractivity contribution >= 4 is 45.2 Å². The number of benzene rings is 2. The maximum atomic E-state index is 13.4. The van der Waals surface area contributed by atoms with Crippen LogP contribution in [0.25, 0.3) is 22.0 Å². The number of carbonyl (C=O) groups is 1. The van der Waals surface area contributed by atoms with Gasteiger partial charge in [0.1, 0.15) is 17.1 Å². The summed E-state index contributed by atoms with van der Waals surface area (Å²) in [6.07, 6.45) is 3.13. The molecule has 2 N–H and O–H groups in total. The van der Waals surface area contributed by atoms with Crippen LogP contribution in [0.1, 0.15) is 21.8 Å². The molecular formula is C23H17ClN4O3. The van der Waals surface area contributed by atoms with E-state index in [1.54, 1.807) is 31.6 Å². The third-order valence-electron chi connectivity index (χ3n) is 5.18. The van der Waals surface area contributed by atoms with Gasteiger partial charge in [0.2, 0.25) is 0 Å². The Morgan fingerprint density at radius 2 is 2.00 bits per heavy atom. The number of methoxy groups -OCH3 is 1. The van der Waals surface area contributed by atoms with Gasteiger partial charge in [0, 0.05) is 29.2 Å². The lowest BCUT2D eigenvalue weighted by atomic mass is 10.1. The first-order chi connectivity index (χ1) is 15.0. The van der Waals surface area contributed by atoms with Crippen molar-refractivity contribution in [3.63, 3.8) is 0 Å². The Morgan fingerprint density at radius 3 is 2.74 bits per heavy atom. The maximum Gasteiger partial charge on any atom is 0.269 e. The average molecular weight is 433 g/mol. The molecule has 0 amide bonds. The molecule has 5 aromatic rings. The molecule has 0 unspecified atom stereocenters. The van der Waals surface area contributed by atoms with Gasteiger partial charge in [-0.05, 0) is 35.9 Å². The first kappa shape index (κ1) is 19.1. The topological polar surface area (TPSA) is 96.2 Å². The van der Waals surface area contributed by atoms with E-state index in [0.29, 0.717) is 45.2 Å². The number of nitrogens with two attached hydrogens (primary N) is 1. The minimum Gasteiger partial charge on any atom is -0.497 e. The van der Waals surface area contributed by atoms with Crippen molar-refractivity contribution in [3.8, 4) is 5.75 Å². The summed E-state index contributed by atoms with van der Waals surface area (Å²) in [5.74, 6) is 0.500. The van der Waals surface area contributed by atoms with Gasteiger partial charge in [-0.15, -0.1) is 0 Å². The third-order valence-corrected chi connectivity index (χ3v) is 5.43. The molecule has 0 aliphatic carbocycles. The van der Waals surface area contributed by atoms with Crippen LogP contribution in [0.4, 0.5) is 5.82 Å². The van der Waals surface area contributed by atoms with Gasteiger partial charge in [-0.2, -0.15) is 0 Å². The summed E-state index contributed by atoms with van der Waals surface area (Å²) in [4.78, 5) is 21.7. The lowest BCUT2D eigenvalue weighted by Gasteiger charge is -2.09. The highest BCUT2D eigenvalue weighted by molar-refractivity contribution is 6.30. The van der Waals surface area contributed by atoms with Gasteiger partial charge in [0.05, 0.1) is 24.4 Å². The van der Waals surface area contributed by atoms with E-state index in [4.69, 9.17) is 26.5 Å². The molecule has 3 aromatic heterocycles. The quantitative estimate of drug-likeness (QED) is 0.404. The predicted molar refractivity (Wildman–Crippen MR) is 119 cm³/mol. The summed E-state index contributed by atoms with van der Waals surface area (Å²) in [6, 6.07) is 14.7. The molecule has 0 aliphatic rings. The van der Waals surface area contributed by atoms with E-state index in [9.17, 15) is 4.79 Å². The monoisotopic (exact) mass is 432 g/mol. The number of ketones is 1. The number of anilines is 1. The standard InChI is InChI=1S/C23H17ClN4O3/c1-30-15-6-7-18-16(10-15)20(21(29)23-27-17-11-26-9-8-19(17)31-23)22(25)28(18)12-13-2-4-14(24)5-3-13/h2-11H,12,25H2,1H3. The Morgan fingerprint density at radius 1 is 1.19 bits per heavy atom. The minimum absolute atomic E-state index is 0.0388. The summed E-state index contributed by atoms with van der Waals surface area (Å²) in [5, 5.41) is 1.32. The molecular weight excluding hydrogens is 416 g/mol. The number of aromatic nitrogens is 3. The molecule has 0 atom stereocenters. The molecule has 3 heterocycles. The van der Waals surface area contributed by atoms with Crippen molar-refractivity contribution in [3.05, 3.63) is 83.0 Å². The molecule has 0 saturated carbocycles. The average Bonchev–Trinajstić information content (AvgIpc) is 3.34. The number of hydrogen-bond acceptors (Lipinski definition) is 6. The van der Waals surface area contributed by atoms with Crippen LogP contribution in [0, 0.1) is 0 Å². The number of ether oxygens (including phenoxy) is 1. The van der Waals surface area contributed by atoms with Crippen molar-refractivity contribution in [2.24, 2.45) is 0 Å². The molecule has 5 rings (SSSR count). The van der Waals surface area contributed by atoms with E-state index in [1.807, 2.05) is 41.0 Å². The zero-order valence-electron chi connectivity index (χ0n) is 16.5. The Labute approximate surface area is 182 Å². The van der Waals surface area contributed by atoms with Gasteiger partial charge in [-0.3, -0.25) is 9.78 Å². The molecule has 0 radical (unpaired) electrons. The summed E-state index contributed by atoms with van der Waals surface area (Å²) in [6.45, 7) is 0.469. The molecule has 2 aromatic carbocycles. The highest BCUT2D eigenvalue weighted by Gasteiger charge is 2.26. The molecule has 0 spiro atoms. The van der Waals surface area contributed by atoms with Crippen LogP contribution in [0.3, 0.4) is 0 Å². The van der Waals surface area contributed by atoms with Crippen molar-refractivity contribution < 1.29 is 13.9 Å². The Kier molecular flexibility index (Phi) is 4.60. The Bertz CT molecular complexity index is 1400. The van der Waals surface area contributed by atoms with E-state index in [2.05, 4.69) is 9.97 Å². The van der Waals surface area contributed by atoms with Crippen LogP contribution in [-0.4, -0.2) is 27.4 Å². The van der Waals surface area contributed by atoms with E-state index in [-0.39, 0.29) is 5.89 Å². The zero-order valence-corrected chi connectivity index (χ0v) is 17.3. The van der Waals surface area contributed by atoms with Gasteiger partial charge >= 0.3 is 0 Å². The summed E-state index contributed by atoms with van der Waals surface area (Å²) >= 11 is 6.01. The first-order valence-corrected chi connectivity index (χ1v) is 9.88. The van der Waals surface area contributed by atoms with Crippen LogP contribution in [0.5, 0.6) is 5.75 Å². The molecule has 0 bridgehead atoms. The second-order valence-electron chi connectivity index (χ2n) is 7.05. The molecule has 0 aliphatic heterocycles. The van der Waals surface area contributed by atoms with Gasteiger partial charge in [-0.1, -0.05) is 23.7 Å². The zero-order chi connectivity index (χ0) is 21.5. The summed E-state index contributed by atoms with van der Waals surface area (Å²) < 4.78 is 12.9. The molecule has 0 fully saturated rings. The van der Waals surface area contributed by atoms with E-state index in [0.717, 1.165) is 11.1 Å². The second kappa shape index (κ2) is 7.45. The SMILES string of the molecule is COc1ccc2c(c1)c(C(=O)c1nc3cnccc3o1)c(N)n2Cc1ccc(Cl)cc1. The Hall–Kier alpha value is -3.84. The molecule has 0 saturated heterocycles. The van der Waals surface area contributed by atoms with Crippen molar-refractivity contribution in [2.45, 2.75) is 6.54 Å². The molecule has 8 heteroatoms. The number of carbonyl (C=O) groups excluding carboxylic acids is 1. The predicted octanol–water partition coefficient (Wildman–Crippen LogP) is 4.70. The number of nitrogen functional groups attached to an aromatic ring is 1. The number of halogens is 1. The molecule has 31 heavy (non-hydrogen) atoms. The van der Waals surface area contributed by atoms with Crippen LogP contribution in [-0.2, 0) is 6.54 Å². The van der Waals surface area contributed by atoms with Gasteiger partial charge in [0.25, 0.3) is 11.7 Å². The first-order valence-electron chi connectivity index (χ1n) is 9.50. The lowest BCUT2D eigenvalue weighted by Crippen LogP contribution is -2.09. The number of rotatable bonds is 5. The smallest absolute Gasteiger partial charge is 0.269 e. The van der Waals surface area contributed by atoms with E-state index in [1.165, 1.54) is 0 Å². The summed E-state index contributed by atoms with van der Waals surface area (Å²) in [7, 11) is 1.57. The van der Waals surface area contributed by atoms with Crippen LogP contribution >= 0.6 is 11.6 Å². The largest absolute Gasteiger partial charge is 0.497 e. The highest BCUT2D eigenvalue weighted by Crippen LogP contribution is 2.34. The fraction of sp³-hybridized carbons (Fsp3) is 0.0870. The number of pyridine rings is 1. The number of hydrogen-bond donors (Lipinski definition) is 1. The third kappa shape index (κ3) is 3.29. The highest BCUT2D eigenvalue weighted by atomic mass is 35.5. The summed E-state index contributed by atoms with van der Waals surface area (Å²) in [5.41, 5.74) is 9.62. The number of oxazole rings is 1. The Balaban J connectivity index is 1.68. The fourth-order valence-corrected chi connectivity index (χ4v) is 3.77. The normalized spacial score (nSPS) is 11.3. The molecule has 7 nitrogen and oxygen atoms in total.